The van der Waals surface area contributed by atoms with E-state index in [4.69, 9.17) is 15.8 Å². The molecule has 1 aliphatic heterocycles. The second kappa shape index (κ2) is 6.24. The predicted octanol–water partition coefficient (Wildman–Crippen LogP) is 2.47. The Morgan fingerprint density at radius 2 is 2.18 bits per heavy atom. The number of aromatic nitrogens is 3. The lowest BCUT2D eigenvalue weighted by molar-refractivity contribution is 0.393. The molecule has 2 N–H and O–H groups in total. The molecule has 1 saturated heterocycles. The van der Waals surface area contributed by atoms with Gasteiger partial charge in [-0.25, -0.2) is 4.98 Å². The van der Waals surface area contributed by atoms with Crippen molar-refractivity contribution in [2.75, 3.05) is 24.5 Å². The molecule has 3 rings (SSSR count). The Morgan fingerprint density at radius 1 is 1.36 bits per heavy atom. The van der Waals surface area contributed by atoms with Crippen LogP contribution in [0.3, 0.4) is 0 Å². The Morgan fingerprint density at radius 3 is 2.91 bits per heavy atom. The fraction of sp³-hybridized carbons (Fsp3) is 0.647. The first-order valence-corrected chi connectivity index (χ1v) is 8.45. The first-order chi connectivity index (χ1) is 10.6. The summed E-state index contributed by atoms with van der Waals surface area (Å²) in [5, 5.41) is 4.72. The van der Waals surface area contributed by atoms with E-state index in [0.29, 0.717) is 5.92 Å². The van der Waals surface area contributed by atoms with Crippen molar-refractivity contribution in [3.63, 3.8) is 0 Å². The summed E-state index contributed by atoms with van der Waals surface area (Å²) < 4.78 is 2.04. The van der Waals surface area contributed by atoms with Gasteiger partial charge in [-0.1, -0.05) is 6.92 Å². The molecule has 0 aromatic carbocycles. The van der Waals surface area contributed by atoms with Gasteiger partial charge in [-0.3, -0.25) is 0 Å². The van der Waals surface area contributed by atoms with E-state index in [1.807, 2.05) is 4.52 Å². The quantitative estimate of drug-likeness (QED) is 0.942. The molecule has 1 aliphatic rings. The number of piperidine rings is 1. The molecule has 5 heteroatoms. The summed E-state index contributed by atoms with van der Waals surface area (Å²) in [7, 11) is 0. The van der Waals surface area contributed by atoms with Gasteiger partial charge in [0.2, 0.25) is 0 Å². The van der Waals surface area contributed by atoms with Gasteiger partial charge in [-0.15, -0.1) is 0 Å². The van der Waals surface area contributed by atoms with Crippen molar-refractivity contribution >= 4 is 11.5 Å². The van der Waals surface area contributed by atoms with Crippen LogP contribution in [0.2, 0.25) is 0 Å². The van der Waals surface area contributed by atoms with Crippen LogP contribution < -0.4 is 10.6 Å². The molecular weight excluding hydrogens is 274 g/mol. The molecule has 1 fully saturated rings. The molecule has 3 heterocycles. The maximum atomic E-state index is 5.76. The average molecular weight is 301 g/mol. The third kappa shape index (κ3) is 2.70. The van der Waals surface area contributed by atoms with Gasteiger partial charge in [0.15, 0.2) is 5.65 Å². The zero-order valence-corrected chi connectivity index (χ0v) is 14.0. The summed E-state index contributed by atoms with van der Waals surface area (Å²) in [6.07, 6.45) is 4.59. The van der Waals surface area contributed by atoms with Gasteiger partial charge >= 0.3 is 0 Å². The van der Waals surface area contributed by atoms with Crippen LogP contribution in [0.1, 0.15) is 43.1 Å². The van der Waals surface area contributed by atoms with Crippen molar-refractivity contribution in [1.82, 2.24) is 14.6 Å². The topological polar surface area (TPSA) is 59.5 Å². The molecular formula is C17H27N5. The molecule has 0 unspecified atom stereocenters. The number of rotatable bonds is 4. The molecule has 5 nitrogen and oxygen atoms in total. The zero-order chi connectivity index (χ0) is 15.7. The predicted molar refractivity (Wildman–Crippen MR) is 90.4 cm³/mol. The first-order valence-electron chi connectivity index (χ1n) is 8.45. The minimum atomic E-state index is 0.699. The van der Waals surface area contributed by atoms with Crippen molar-refractivity contribution in [2.24, 2.45) is 11.7 Å². The third-order valence-electron chi connectivity index (χ3n) is 4.87. The Bertz CT molecular complexity index is 659. The molecule has 0 aliphatic carbocycles. The SMILES string of the molecule is CCc1cc(N2CCC[C@@H](CCN)C2)n2nc(C)c(C)c2n1. The van der Waals surface area contributed by atoms with Gasteiger partial charge in [0.1, 0.15) is 5.82 Å². The van der Waals surface area contributed by atoms with Gasteiger partial charge in [0.25, 0.3) is 0 Å². The van der Waals surface area contributed by atoms with Crippen LogP contribution in [0.5, 0.6) is 0 Å². The van der Waals surface area contributed by atoms with Crippen LogP contribution in [0.25, 0.3) is 5.65 Å². The lowest BCUT2D eigenvalue weighted by atomic mass is 9.95. The molecule has 0 bridgehead atoms. The number of nitrogens with zero attached hydrogens (tertiary/aromatic N) is 4. The Labute approximate surface area is 132 Å². The maximum absolute atomic E-state index is 5.76. The van der Waals surface area contributed by atoms with Crippen LogP contribution in [-0.4, -0.2) is 34.2 Å². The monoisotopic (exact) mass is 301 g/mol. The second-order valence-electron chi connectivity index (χ2n) is 6.44. The molecule has 120 valence electrons. The van der Waals surface area contributed by atoms with Crippen LogP contribution in [-0.2, 0) is 6.42 Å². The van der Waals surface area contributed by atoms with E-state index in [-0.39, 0.29) is 0 Å². The number of hydrogen-bond acceptors (Lipinski definition) is 4. The van der Waals surface area contributed by atoms with Gasteiger partial charge in [-0.2, -0.15) is 9.61 Å². The van der Waals surface area contributed by atoms with E-state index in [1.165, 1.54) is 24.2 Å². The number of anilines is 1. The van der Waals surface area contributed by atoms with Crippen LogP contribution in [0.4, 0.5) is 5.82 Å². The maximum Gasteiger partial charge on any atom is 0.160 e. The first kappa shape index (κ1) is 15.3. The summed E-state index contributed by atoms with van der Waals surface area (Å²) in [6, 6.07) is 2.21. The van der Waals surface area contributed by atoms with Gasteiger partial charge in [-0.05, 0) is 52.0 Å². The fourth-order valence-corrected chi connectivity index (χ4v) is 3.41. The Hall–Kier alpha value is -1.62. The highest BCUT2D eigenvalue weighted by molar-refractivity contribution is 5.57. The lowest BCUT2D eigenvalue weighted by Gasteiger charge is -2.34. The van der Waals surface area contributed by atoms with Crippen LogP contribution in [0, 0.1) is 19.8 Å². The van der Waals surface area contributed by atoms with Crippen LogP contribution in [0.15, 0.2) is 6.07 Å². The number of aryl methyl sites for hydroxylation is 3. The van der Waals surface area contributed by atoms with E-state index in [2.05, 4.69) is 31.7 Å². The Kier molecular flexibility index (Phi) is 4.34. The van der Waals surface area contributed by atoms with Crippen LogP contribution >= 0.6 is 0 Å². The second-order valence-corrected chi connectivity index (χ2v) is 6.44. The van der Waals surface area contributed by atoms with E-state index in [1.54, 1.807) is 0 Å². The van der Waals surface area contributed by atoms with E-state index in [0.717, 1.165) is 49.5 Å². The standard InChI is InChI=1S/C17H27N5/c1-4-15-10-16(21-9-5-6-14(11-21)7-8-18)22-17(19-15)12(2)13(3)20-22/h10,14H,4-9,11,18H2,1-3H3/t14-/m0/s1. The smallest absolute Gasteiger partial charge is 0.160 e. The van der Waals surface area contributed by atoms with Crippen molar-refractivity contribution in [3.05, 3.63) is 23.0 Å². The van der Waals surface area contributed by atoms with Gasteiger partial charge in [0, 0.05) is 30.4 Å². The summed E-state index contributed by atoms with van der Waals surface area (Å²) in [5.41, 5.74) is 10.2. The zero-order valence-electron chi connectivity index (χ0n) is 14.0. The third-order valence-corrected chi connectivity index (χ3v) is 4.87. The fourth-order valence-electron chi connectivity index (χ4n) is 3.41. The molecule has 2 aromatic heterocycles. The highest BCUT2D eigenvalue weighted by Gasteiger charge is 2.23. The molecule has 0 radical (unpaired) electrons. The minimum Gasteiger partial charge on any atom is -0.356 e. The summed E-state index contributed by atoms with van der Waals surface area (Å²) in [4.78, 5) is 7.25. The van der Waals surface area contributed by atoms with E-state index < -0.39 is 0 Å². The highest BCUT2D eigenvalue weighted by atomic mass is 15.4. The normalized spacial score (nSPS) is 19.1. The van der Waals surface area contributed by atoms with Gasteiger partial charge in [0.05, 0.1) is 5.69 Å². The molecule has 2 aromatic rings. The summed E-state index contributed by atoms with van der Waals surface area (Å²) in [5.74, 6) is 1.89. The number of nitrogens with two attached hydrogens (primary N) is 1. The summed E-state index contributed by atoms with van der Waals surface area (Å²) >= 11 is 0. The Balaban J connectivity index is 2.03. The highest BCUT2D eigenvalue weighted by Crippen LogP contribution is 2.27. The van der Waals surface area contributed by atoms with E-state index >= 15 is 0 Å². The molecule has 0 spiro atoms. The molecule has 0 saturated carbocycles. The van der Waals surface area contributed by atoms with Crippen molar-refractivity contribution in [2.45, 2.75) is 46.5 Å². The van der Waals surface area contributed by atoms with Crippen molar-refractivity contribution in [3.8, 4) is 0 Å². The molecule has 22 heavy (non-hydrogen) atoms. The minimum absolute atomic E-state index is 0.699. The number of hydrogen-bond donors (Lipinski definition) is 1. The van der Waals surface area contributed by atoms with E-state index in [9.17, 15) is 0 Å². The van der Waals surface area contributed by atoms with Crippen molar-refractivity contribution in [1.29, 1.82) is 0 Å². The van der Waals surface area contributed by atoms with Gasteiger partial charge < -0.3 is 10.6 Å². The molecule has 0 amide bonds. The lowest BCUT2D eigenvalue weighted by Crippen LogP contribution is -2.37. The summed E-state index contributed by atoms with van der Waals surface area (Å²) in [6.45, 7) is 9.30. The molecule has 1 atom stereocenters. The average Bonchev–Trinajstić information content (AvgIpc) is 2.82. The number of fused-ring (bicyclic) bond motifs is 1. The largest absolute Gasteiger partial charge is 0.356 e. The van der Waals surface area contributed by atoms with Crippen molar-refractivity contribution < 1.29 is 0 Å².